The number of carbonyl (C=O) groups excluding carboxylic acids is 1. The second-order valence-electron chi connectivity index (χ2n) is 5.28. The van der Waals surface area contributed by atoms with Gasteiger partial charge in [0.05, 0.1) is 10.7 Å². The monoisotopic (exact) mass is 370 g/mol. The van der Waals surface area contributed by atoms with E-state index in [4.69, 9.17) is 0 Å². The molecule has 26 heavy (non-hydrogen) atoms. The lowest BCUT2D eigenvalue weighted by Crippen LogP contribution is -2.14. The van der Waals surface area contributed by atoms with Crippen molar-refractivity contribution in [1.29, 1.82) is 0 Å². The van der Waals surface area contributed by atoms with Crippen LogP contribution in [-0.2, 0) is 4.79 Å². The minimum atomic E-state index is -0.480. The van der Waals surface area contributed by atoms with Crippen LogP contribution in [0.5, 0.6) is 0 Å². The van der Waals surface area contributed by atoms with Crippen molar-refractivity contribution < 1.29 is 9.72 Å². The van der Waals surface area contributed by atoms with Gasteiger partial charge in [0, 0.05) is 23.5 Å². The summed E-state index contributed by atoms with van der Waals surface area (Å²) in [5.74, 6) is 0.279. The lowest BCUT2D eigenvalue weighted by Gasteiger charge is -2.05. The number of nitro groups is 1. The van der Waals surface area contributed by atoms with Crippen LogP contribution in [-0.4, -0.2) is 36.7 Å². The topological polar surface area (TPSA) is 127 Å². The zero-order valence-corrected chi connectivity index (χ0v) is 14.5. The smallest absolute Gasteiger partial charge is 0.274 e. The number of nitrogens with zero attached hydrogens (tertiary/aromatic N) is 4. The molecule has 3 aromatic rings. The van der Waals surface area contributed by atoms with Gasteiger partial charge in [-0.05, 0) is 25.1 Å². The van der Waals surface area contributed by atoms with Crippen molar-refractivity contribution in [3.05, 3.63) is 58.3 Å². The number of amides is 1. The molecule has 132 valence electrons. The summed E-state index contributed by atoms with van der Waals surface area (Å²) in [5.41, 5.74) is 1.52. The van der Waals surface area contributed by atoms with Crippen LogP contribution in [0.4, 0.5) is 11.4 Å². The molecule has 1 amide bonds. The molecule has 3 rings (SSSR count). The Morgan fingerprint density at radius 1 is 1.35 bits per heavy atom. The molecule has 0 unspecified atom stereocenters. The number of H-pyrrole nitrogens is 1. The van der Waals surface area contributed by atoms with E-state index in [0.717, 1.165) is 11.8 Å². The number of thioether (sulfide) groups is 1. The van der Waals surface area contributed by atoms with Gasteiger partial charge in [0.15, 0.2) is 5.82 Å². The number of nitrogens with one attached hydrogen (secondary N) is 2. The van der Waals surface area contributed by atoms with E-state index in [0.29, 0.717) is 27.9 Å². The normalized spacial score (nSPS) is 10.5. The van der Waals surface area contributed by atoms with Gasteiger partial charge in [-0.1, -0.05) is 23.9 Å². The number of anilines is 1. The summed E-state index contributed by atoms with van der Waals surface area (Å²) in [7, 11) is 0. The van der Waals surface area contributed by atoms with Gasteiger partial charge in [-0.15, -0.1) is 5.10 Å². The summed E-state index contributed by atoms with van der Waals surface area (Å²) in [6.45, 7) is 1.64. The number of pyridine rings is 1. The molecule has 2 N–H and O–H groups in total. The fraction of sp³-hybridized carbons (Fsp3) is 0.125. The highest BCUT2D eigenvalue weighted by Gasteiger charge is 2.13. The van der Waals surface area contributed by atoms with Crippen molar-refractivity contribution in [3.63, 3.8) is 0 Å². The maximum Gasteiger partial charge on any atom is 0.274 e. The molecule has 0 spiro atoms. The lowest BCUT2D eigenvalue weighted by atomic mass is 10.2. The molecular formula is C16H14N6O3S. The van der Waals surface area contributed by atoms with E-state index in [9.17, 15) is 14.9 Å². The maximum absolute atomic E-state index is 12.0. The third-order valence-electron chi connectivity index (χ3n) is 3.39. The average molecular weight is 370 g/mol. The molecular weight excluding hydrogens is 356 g/mol. The van der Waals surface area contributed by atoms with E-state index in [2.05, 4.69) is 25.5 Å². The van der Waals surface area contributed by atoms with Crippen LogP contribution < -0.4 is 5.32 Å². The van der Waals surface area contributed by atoms with Gasteiger partial charge in [0.1, 0.15) is 5.69 Å². The molecule has 0 saturated heterocycles. The lowest BCUT2D eigenvalue weighted by molar-refractivity contribution is -0.385. The molecule has 2 aromatic heterocycles. The molecule has 2 heterocycles. The van der Waals surface area contributed by atoms with Gasteiger partial charge in [-0.3, -0.25) is 25.0 Å². The van der Waals surface area contributed by atoms with E-state index in [1.807, 2.05) is 6.07 Å². The third kappa shape index (κ3) is 4.22. The second-order valence-corrected chi connectivity index (χ2v) is 6.22. The molecule has 9 nitrogen and oxygen atoms in total. The SMILES string of the molecule is Cc1ccc(NC(=O)CSc2n[nH]c(-c3ccccn3)n2)cc1[N+](=O)[O-]. The Kier molecular flexibility index (Phi) is 5.23. The Hall–Kier alpha value is -3.27. The van der Waals surface area contributed by atoms with Gasteiger partial charge in [0.25, 0.3) is 5.69 Å². The van der Waals surface area contributed by atoms with E-state index in [-0.39, 0.29) is 17.3 Å². The number of rotatable bonds is 6. The van der Waals surface area contributed by atoms with Crippen molar-refractivity contribution >= 4 is 29.0 Å². The minimum Gasteiger partial charge on any atom is -0.325 e. The average Bonchev–Trinajstić information content (AvgIpc) is 3.11. The van der Waals surface area contributed by atoms with Gasteiger partial charge < -0.3 is 5.32 Å². The fourth-order valence-electron chi connectivity index (χ4n) is 2.14. The van der Waals surface area contributed by atoms with Gasteiger partial charge in [-0.2, -0.15) is 4.98 Å². The molecule has 0 saturated carbocycles. The standard InChI is InChI=1S/C16H14N6O3S/c1-10-5-6-11(8-13(10)22(24)25)18-14(23)9-26-16-19-15(20-21-16)12-4-2-3-7-17-12/h2-8H,9H2,1H3,(H,18,23)(H,19,20,21). The number of benzene rings is 1. The number of aromatic amines is 1. The Bertz CT molecular complexity index is 944. The van der Waals surface area contributed by atoms with Crippen LogP contribution in [0.2, 0.25) is 0 Å². The molecule has 0 radical (unpaired) electrons. The number of aromatic nitrogens is 4. The van der Waals surface area contributed by atoms with E-state index in [1.54, 1.807) is 37.4 Å². The zero-order valence-electron chi connectivity index (χ0n) is 13.7. The third-order valence-corrected chi connectivity index (χ3v) is 4.24. The van der Waals surface area contributed by atoms with Crippen LogP contribution in [0.15, 0.2) is 47.8 Å². The first-order chi connectivity index (χ1) is 12.5. The van der Waals surface area contributed by atoms with E-state index >= 15 is 0 Å². The van der Waals surface area contributed by atoms with Crippen LogP contribution in [0.3, 0.4) is 0 Å². The van der Waals surface area contributed by atoms with Gasteiger partial charge in [-0.25, -0.2) is 0 Å². The highest BCUT2D eigenvalue weighted by Crippen LogP contribution is 2.23. The van der Waals surface area contributed by atoms with Crippen LogP contribution >= 0.6 is 11.8 Å². The summed E-state index contributed by atoms with van der Waals surface area (Å²) in [6, 6.07) is 9.99. The second kappa shape index (κ2) is 7.74. The molecule has 0 fully saturated rings. The number of nitro benzene ring substituents is 1. The van der Waals surface area contributed by atoms with Crippen molar-refractivity contribution in [2.75, 3.05) is 11.1 Å². The molecule has 0 aliphatic rings. The first kappa shape index (κ1) is 17.5. The zero-order chi connectivity index (χ0) is 18.5. The molecule has 0 bridgehead atoms. The number of aryl methyl sites for hydroxylation is 1. The van der Waals surface area contributed by atoms with Crippen molar-refractivity contribution in [2.45, 2.75) is 12.1 Å². The predicted molar refractivity (Wildman–Crippen MR) is 96.8 cm³/mol. The number of carbonyl (C=O) groups is 1. The quantitative estimate of drug-likeness (QED) is 0.388. The highest BCUT2D eigenvalue weighted by atomic mass is 32.2. The van der Waals surface area contributed by atoms with Crippen molar-refractivity contribution in [3.8, 4) is 11.5 Å². The summed E-state index contributed by atoms with van der Waals surface area (Å²) >= 11 is 1.15. The first-order valence-electron chi connectivity index (χ1n) is 7.54. The Balaban J connectivity index is 1.59. The predicted octanol–water partition coefficient (Wildman–Crippen LogP) is 2.81. The Labute approximate surface area is 152 Å². The summed E-state index contributed by atoms with van der Waals surface area (Å²) < 4.78 is 0. The Morgan fingerprint density at radius 3 is 2.92 bits per heavy atom. The molecule has 1 aromatic carbocycles. The summed E-state index contributed by atoms with van der Waals surface area (Å²) in [4.78, 5) is 31.0. The number of hydrogen-bond acceptors (Lipinski definition) is 7. The van der Waals surface area contributed by atoms with Crippen molar-refractivity contribution in [1.82, 2.24) is 20.2 Å². The van der Waals surface area contributed by atoms with Crippen molar-refractivity contribution in [2.24, 2.45) is 0 Å². The van der Waals surface area contributed by atoms with Crippen LogP contribution in [0.25, 0.3) is 11.5 Å². The van der Waals surface area contributed by atoms with Gasteiger partial charge >= 0.3 is 0 Å². The first-order valence-corrected chi connectivity index (χ1v) is 8.53. The molecule has 0 atom stereocenters. The maximum atomic E-state index is 12.0. The van der Waals surface area contributed by atoms with Crippen LogP contribution in [0, 0.1) is 17.0 Å². The minimum absolute atomic E-state index is 0.0376. The molecule has 0 aliphatic heterocycles. The Morgan fingerprint density at radius 2 is 2.19 bits per heavy atom. The van der Waals surface area contributed by atoms with Gasteiger partial charge in [0.2, 0.25) is 11.1 Å². The molecule has 10 heteroatoms. The fourth-order valence-corrected chi connectivity index (χ4v) is 2.74. The van der Waals surface area contributed by atoms with E-state index < -0.39 is 4.92 Å². The molecule has 0 aliphatic carbocycles. The largest absolute Gasteiger partial charge is 0.325 e. The number of hydrogen-bond donors (Lipinski definition) is 2. The highest BCUT2D eigenvalue weighted by molar-refractivity contribution is 7.99. The van der Waals surface area contributed by atoms with E-state index in [1.165, 1.54) is 6.07 Å². The summed E-state index contributed by atoms with van der Waals surface area (Å²) in [6.07, 6.45) is 1.65. The summed E-state index contributed by atoms with van der Waals surface area (Å²) in [5, 5.41) is 20.8. The van der Waals surface area contributed by atoms with Crippen LogP contribution in [0.1, 0.15) is 5.56 Å².